The largest absolute Gasteiger partial charge is 0.352 e. The third kappa shape index (κ3) is 5.93. The van der Waals surface area contributed by atoms with Gasteiger partial charge in [-0.1, -0.05) is 0 Å². The summed E-state index contributed by atoms with van der Waals surface area (Å²) in [6.45, 7) is 7.77. The summed E-state index contributed by atoms with van der Waals surface area (Å²) in [6, 6.07) is 0.822. The second kappa shape index (κ2) is 9.10. The van der Waals surface area contributed by atoms with Crippen molar-refractivity contribution in [3.63, 3.8) is 0 Å². The fourth-order valence-corrected chi connectivity index (χ4v) is 3.00. The molecule has 0 aliphatic carbocycles. The molecule has 1 N–H and O–H groups in total. The molecule has 0 spiro atoms. The van der Waals surface area contributed by atoms with Crippen LogP contribution in [-0.4, -0.2) is 90.0 Å². The Hall–Kier alpha value is -1.73. The van der Waals surface area contributed by atoms with Gasteiger partial charge in [-0.05, 0) is 47.8 Å². The molecule has 2 rings (SSSR count). The average molecular weight is 348 g/mol. The van der Waals surface area contributed by atoms with Crippen molar-refractivity contribution < 1.29 is 4.79 Å². The number of hydrogen-bond donors (Lipinski definition) is 1. The summed E-state index contributed by atoms with van der Waals surface area (Å²) in [5, 5.41) is 3.13. The van der Waals surface area contributed by atoms with E-state index in [1.807, 2.05) is 18.7 Å². The lowest BCUT2D eigenvalue weighted by Gasteiger charge is -2.37. The first-order chi connectivity index (χ1) is 11.9. The number of amides is 1. The molecule has 0 aromatic carbocycles. The van der Waals surface area contributed by atoms with Crippen LogP contribution in [0, 0.1) is 0 Å². The molecule has 1 aromatic heterocycles. The highest BCUT2D eigenvalue weighted by Crippen LogP contribution is 2.17. The van der Waals surface area contributed by atoms with Gasteiger partial charge in [0.15, 0.2) is 0 Å². The minimum Gasteiger partial charge on any atom is -0.352 e. The lowest BCUT2D eigenvalue weighted by molar-refractivity contribution is 0.0640. The molecule has 0 radical (unpaired) electrons. The number of piperidine rings is 1. The zero-order valence-corrected chi connectivity index (χ0v) is 16.2. The van der Waals surface area contributed by atoms with Gasteiger partial charge in [0.05, 0.1) is 5.56 Å². The molecule has 1 fully saturated rings. The van der Waals surface area contributed by atoms with Crippen LogP contribution in [0.25, 0.3) is 0 Å². The quantitative estimate of drug-likeness (QED) is 0.803. The van der Waals surface area contributed by atoms with E-state index in [9.17, 15) is 4.79 Å². The smallest absolute Gasteiger partial charge is 0.256 e. The standard InChI is InChI=1S/C18H32N6O/c1-14(2)21-18-19-12-15(13-20-18)17(25)24-8-6-16(7-9-24)23(5)11-10-22(3)4/h12-14,16H,6-11H2,1-5H3,(H,19,20,21). The molecular weight excluding hydrogens is 316 g/mol. The van der Waals surface area contributed by atoms with E-state index >= 15 is 0 Å². The van der Waals surface area contributed by atoms with E-state index in [4.69, 9.17) is 0 Å². The number of nitrogens with zero attached hydrogens (tertiary/aromatic N) is 5. The Labute approximate surface area is 151 Å². The van der Waals surface area contributed by atoms with Crippen LogP contribution in [0.1, 0.15) is 37.0 Å². The van der Waals surface area contributed by atoms with E-state index < -0.39 is 0 Å². The third-order valence-electron chi connectivity index (χ3n) is 4.59. The van der Waals surface area contributed by atoms with Crippen molar-refractivity contribution in [3.05, 3.63) is 18.0 Å². The SMILES string of the molecule is CC(C)Nc1ncc(C(=O)N2CCC(N(C)CCN(C)C)CC2)cn1. The van der Waals surface area contributed by atoms with Crippen molar-refractivity contribution in [2.45, 2.75) is 38.8 Å². The number of rotatable bonds is 7. The molecule has 1 aliphatic heterocycles. The fraction of sp³-hybridized carbons (Fsp3) is 0.722. The summed E-state index contributed by atoms with van der Waals surface area (Å²) in [5.74, 6) is 0.596. The molecule has 0 unspecified atom stereocenters. The zero-order valence-electron chi connectivity index (χ0n) is 16.2. The van der Waals surface area contributed by atoms with E-state index in [1.54, 1.807) is 12.4 Å². The normalized spacial score (nSPS) is 16.1. The number of likely N-dealkylation sites (tertiary alicyclic amines) is 1. The second-order valence-electron chi connectivity index (χ2n) is 7.40. The molecule has 1 saturated heterocycles. The van der Waals surface area contributed by atoms with Gasteiger partial charge in [0.2, 0.25) is 5.95 Å². The van der Waals surface area contributed by atoms with Crippen LogP contribution in [0.3, 0.4) is 0 Å². The van der Waals surface area contributed by atoms with Gasteiger partial charge in [0, 0.05) is 50.7 Å². The van der Waals surface area contributed by atoms with Crippen molar-refractivity contribution in [2.75, 3.05) is 52.6 Å². The minimum absolute atomic E-state index is 0.0329. The van der Waals surface area contributed by atoms with Crippen molar-refractivity contribution in [3.8, 4) is 0 Å². The predicted molar refractivity (Wildman–Crippen MR) is 101 cm³/mol. The molecule has 7 nitrogen and oxygen atoms in total. The lowest BCUT2D eigenvalue weighted by atomic mass is 10.0. The third-order valence-corrected chi connectivity index (χ3v) is 4.59. The first kappa shape index (κ1) is 19.6. The highest BCUT2D eigenvalue weighted by atomic mass is 16.2. The van der Waals surface area contributed by atoms with Crippen LogP contribution < -0.4 is 5.32 Å². The van der Waals surface area contributed by atoms with Crippen LogP contribution in [0.15, 0.2) is 12.4 Å². The van der Waals surface area contributed by atoms with E-state index in [0.29, 0.717) is 17.6 Å². The van der Waals surface area contributed by atoms with Crippen LogP contribution in [0.2, 0.25) is 0 Å². The number of hydrogen-bond acceptors (Lipinski definition) is 6. The summed E-state index contributed by atoms with van der Waals surface area (Å²) in [7, 11) is 6.37. The maximum Gasteiger partial charge on any atom is 0.256 e. The monoisotopic (exact) mass is 348 g/mol. The van der Waals surface area contributed by atoms with E-state index in [1.165, 1.54) is 0 Å². The Morgan fingerprint density at radius 1 is 1.20 bits per heavy atom. The average Bonchev–Trinajstić information content (AvgIpc) is 2.59. The summed E-state index contributed by atoms with van der Waals surface area (Å²) in [6.07, 6.45) is 5.28. The number of aromatic nitrogens is 2. The summed E-state index contributed by atoms with van der Waals surface area (Å²) >= 11 is 0. The Morgan fingerprint density at radius 3 is 2.32 bits per heavy atom. The topological polar surface area (TPSA) is 64.6 Å². The van der Waals surface area contributed by atoms with Crippen molar-refractivity contribution in [1.82, 2.24) is 24.7 Å². The first-order valence-corrected chi connectivity index (χ1v) is 9.09. The van der Waals surface area contributed by atoms with Crippen molar-refractivity contribution in [1.29, 1.82) is 0 Å². The Bertz CT molecular complexity index is 537. The van der Waals surface area contributed by atoms with Gasteiger partial charge in [-0.2, -0.15) is 0 Å². The van der Waals surface area contributed by atoms with Crippen molar-refractivity contribution >= 4 is 11.9 Å². The maximum absolute atomic E-state index is 12.6. The van der Waals surface area contributed by atoms with Crippen LogP contribution >= 0.6 is 0 Å². The lowest BCUT2D eigenvalue weighted by Crippen LogP contribution is -2.46. The van der Waals surface area contributed by atoms with E-state index in [2.05, 4.69) is 46.2 Å². The summed E-state index contributed by atoms with van der Waals surface area (Å²) < 4.78 is 0. The molecule has 1 amide bonds. The van der Waals surface area contributed by atoms with Gasteiger partial charge < -0.3 is 20.0 Å². The van der Waals surface area contributed by atoms with Gasteiger partial charge in [-0.25, -0.2) is 9.97 Å². The molecule has 2 heterocycles. The molecule has 1 aliphatic rings. The molecular formula is C18H32N6O. The zero-order chi connectivity index (χ0) is 18.4. The number of carbonyl (C=O) groups is 1. The van der Waals surface area contributed by atoms with Crippen LogP contribution in [0.4, 0.5) is 5.95 Å². The summed E-state index contributed by atoms with van der Waals surface area (Å²) in [5.41, 5.74) is 0.564. The highest BCUT2D eigenvalue weighted by Gasteiger charge is 2.26. The molecule has 7 heteroatoms. The van der Waals surface area contributed by atoms with Gasteiger partial charge in [-0.15, -0.1) is 0 Å². The van der Waals surface area contributed by atoms with Gasteiger partial charge >= 0.3 is 0 Å². The van der Waals surface area contributed by atoms with E-state index in [0.717, 1.165) is 39.0 Å². The van der Waals surface area contributed by atoms with Gasteiger partial charge in [0.25, 0.3) is 5.91 Å². The Balaban J connectivity index is 1.84. The van der Waals surface area contributed by atoms with Gasteiger partial charge in [0.1, 0.15) is 0 Å². The number of carbonyl (C=O) groups excluding carboxylic acids is 1. The highest BCUT2D eigenvalue weighted by molar-refractivity contribution is 5.93. The van der Waals surface area contributed by atoms with Crippen LogP contribution in [0.5, 0.6) is 0 Å². The number of nitrogens with one attached hydrogen (secondary N) is 1. The first-order valence-electron chi connectivity index (χ1n) is 9.09. The Kier molecular flexibility index (Phi) is 7.13. The number of likely N-dealkylation sites (N-methyl/N-ethyl adjacent to an activating group) is 2. The van der Waals surface area contributed by atoms with Crippen molar-refractivity contribution in [2.24, 2.45) is 0 Å². The maximum atomic E-state index is 12.6. The number of anilines is 1. The van der Waals surface area contributed by atoms with Gasteiger partial charge in [-0.3, -0.25) is 4.79 Å². The molecule has 0 bridgehead atoms. The van der Waals surface area contributed by atoms with Crippen LogP contribution in [-0.2, 0) is 0 Å². The summed E-state index contributed by atoms with van der Waals surface area (Å²) in [4.78, 5) is 27.6. The predicted octanol–water partition coefficient (Wildman–Crippen LogP) is 1.39. The second-order valence-corrected chi connectivity index (χ2v) is 7.40. The molecule has 140 valence electrons. The van der Waals surface area contributed by atoms with E-state index in [-0.39, 0.29) is 11.9 Å². The molecule has 25 heavy (non-hydrogen) atoms. The minimum atomic E-state index is 0.0329. The Morgan fingerprint density at radius 2 is 1.80 bits per heavy atom. The fourth-order valence-electron chi connectivity index (χ4n) is 3.00. The molecule has 0 atom stereocenters. The molecule has 1 aromatic rings. The molecule has 0 saturated carbocycles.